The SMILES string of the molecule is CCOc1ccc(-c2nnc(SCC(=O)N(CC)Cc3ccccc3)n2N)cc1. The quantitative estimate of drug-likeness (QED) is 0.430. The normalized spacial score (nSPS) is 10.7. The van der Waals surface area contributed by atoms with E-state index in [1.54, 1.807) is 0 Å². The van der Waals surface area contributed by atoms with Gasteiger partial charge in [-0.2, -0.15) is 0 Å². The molecule has 3 rings (SSSR count). The number of hydrogen-bond acceptors (Lipinski definition) is 6. The van der Waals surface area contributed by atoms with Gasteiger partial charge in [0.05, 0.1) is 12.4 Å². The van der Waals surface area contributed by atoms with Crippen molar-refractivity contribution >= 4 is 17.7 Å². The van der Waals surface area contributed by atoms with Crippen LogP contribution in [0.5, 0.6) is 5.75 Å². The minimum absolute atomic E-state index is 0.0342. The average molecular weight is 412 g/mol. The van der Waals surface area contributed by atoms with Crippen LogP contribution in [0.25, 0.3) is 11.4 Å². The van der Waals surface area contributed by atoms with Gasteiger partial charge in [0.1, 0.15) is 5.75 Å². The summed E-state index contributed by atoms with van der Waals surface area (Å²) in [4.78, 5) is 14.4. The number of nitrogen functional groups attached to an aromatic ring is 1. The lowest BCUT2D eigenvalue weighted by Gasteiger charge is -2.20. The van der Waals surface area contributed by atoms with E-state index in [4.69, 9.17) is 10.6 Å². The first-order valence-electron chi connectivity index (χ1n) is 9.50. The third-order valence-electron chi connectivity index (χ3n) is 4.36. The smallest absolute Gasteiger partial charge is 0.233 e. The van der Waals surface area contributed by atoms with Gasteiger partial charge in [-0.05, 0) is 43.7 Å². The Hall–Kier alpha value is -3.00. The predicted molar refractivity (Wildman–Crippen MR) is 115 cm³/mol. The second-order valence-electron chi connectivity index (χ2n) is 6.32. The second-order valence-corrected chi connectivity index (χ2v) is 7.26. The number of amides is 1. The van der Waals surface area contributed by atoms with Crippen molar-refractivity contribution in [2.75, 3.05) is 24.7 Å². The van der Waals surface area contributed by atoms with Gasteiger partial charge in [-0.3, -0.25) is 4.79 Å². The Balaban J connectivity index is 1.62. The van der Waals surface area contributed by atoms with E-state index in [1.807, 2.05) is 73.3 Å². The Labute approximate surface area is 174 Å². The van der Waals surface area contributed by atoms with Crippen LogP contribution in [0, 0.1) is 0 Å². The molecule has 1 heterocycles. The molecule has 2 N–H and O–H groups in total. The zero-order valence-corrected chi connectivity index (χ0v) is 17.4. The molecule has 29 heavy (non-hydrogen) atoms. The summed E-state index contributed by atoms with van der Waals surface area (Å²) in [6.45, 7) is 5.75. The molecule has 3 aromatic rings. The first kappa shape index (κ1) is 20.7. The van der Waals surface area contributed by atoms with Gasteiger partial charge in [-0.1, -0.05) is 42.1 Å². The molecule has 1 aromatic heterocycles. The summed E-state index contributed by atoms with van der Waals surface area (Å²) in [6, 6.07) is 17.5. The Bertz CT molecular complexity index is 928. The van der Waals surface area contributed by atoms with Gasteiger partial charge in [0.25, 0.3) is 0 Å². The maximum absolute atomic E-state index is 12.6. The Morgan fingerprint density at radius 3 is 2.48 bits per heavy atom. The van der Waals surface area contributed by atoms with Crippen molar-refractivity contribution in [3.05, 3.63) is 60.2 Å². The van der Waals surface area contributed by atoms with Crippen LogP contribution in [0.3, 0.4) is 0 Å². The molecule has 0 fully saturated rings. The largest absolute Gasteiger partial charge is 0.494 e. The number of benzene rings is 2. The minimum Gasteiger partial charge on any atom is -0.494 e. The summed E-state index contributed by atoms with van der Waals surface area (Å²) in [5, 5.41) is 8.81. The third kappa shape index (κ3) is 5.29. The highest BCUT2D eigenvalue weighted by molar-refractivity contribution is 7.99. The van der Waals surface area contributed by atoms with Crippen molar-refractivity contribution in [2.45, 2.75) is 25.5 Å². The van der Waals surface area contributed by atoms with Crippen LogP contribution in [0.15, 0.2) is 59.8 Å². The van der Waals surface area contributed by atoms with Crippen LogP contribution in [0.1, 0.15) is 19.4 Å². The maximum atomic E-state index is 12.6. The lowest BCUT2D eigenvalue weighted by atomic mass is 10.2. The number of nitrogens with zero attached hydrogens (tertiary/aromatic N) is 4. The van der Waals surface area contributed by atoms with Crippen LogP contribution in [0.2, 0.25) is 0 Å². The summed E-state index contributed by atoms with van der Waals surface area (Å²) in [6.07, 6.45) is 0. The molecule has 0 aliphatic rings. The van der Waals surface area contributed by atoms with Crippen LogP contribution < -0.4 is 10.6 Å². The summed E-state index contributed by atoms with van der Waals surface area (Å²) in [5.41, 5.74) is 1.94. The average Bonchev–Trinajstić information content (AvgIpc) is 3.12. The number of aromatic nitrogens is 3. The van der Waals surface area contributed by atoms with Gasteiger partial charge in [0, 0.05) is 18.7 Å². The zero-order chi connectivity index (χ0) is 20.6. The van der Waals surface area contributed by atoms with Crippen molar-refractivity contribution in [1.82, 2.24) is 19.8 Å². The van der Waals surface area contributed by atoms with Gasteiger partial charge in [0.2, 0.25) is 11.1 Å². The summed E-state index contributed by atoms with van der Waals surface area (Å²) in [7, 11) is 0. The molecule has 0 spiro atoms. The van der Waals surface area contributed by atoms with Gasteiger partial charge in [0.15, 0.2) is 5.82 Å². The van der Waals surface area contributed by atoms with E-state index < -0.39 is 0 Å². The molecule has 152 valence electrons. The lowest BCUT2D eigenvalue weighted by molar-refractivity contribution is -0.128. The molecule has 0 radical (unpaired) electrons. The van der Waals surface area contributed by atoms with Crippen LogP contribution in [-0.4, -0.2) is 44.6 Å². The molecule has 0 saturated heterocycles. The minimum atomic E-state index is 0.0342. The Morgan fingerprint density at radius 2 is 1.83 bits per heavy atom. The highest BCUT2D eigenvalue weighted by atomic mass is 32.2. The van der Waals surface area contributed by atoms with Crippen molar-refractivity contribution in [2.24, 2.45) is 0 Å². The van der Waals surface area contributed by atoms with Crippen LogP contribution in [0.4, 0.5) is 0 Å². The maximum Gasteiger partial charge on any atom is 0.233 e. The van der Waals surface area contributed by atoms with Gasteiger partial charge >= 0.3 is 0 Å². The van der Waals surface area contributed by atoms with E-state index in [9.17, 15) is 4.79 Å². The van der Waals surface area contributed by atoms with Crippen LogP contribution in [-0.2, 0) is 11.3 Å². The van der Waals surface area contributed by atoms with Gasteiger partial charge < -0.3 is 15.5 Å². The van der Waals surface area contributed by atoms with E-state index >= 15 is 0 Å². The molecule has 7 nitrogen and oxygen atoms in total. The van der Waals surface area contributed by atoms with E-state index in [1.165, 1.54) is 16.4 Å². The van der Waals surface area contributed by atoms with Crippen molar-refractivity contribution in [3.8, 4) is 17.1 Å². The first-order valence-corrected chi connectivity index (χ1v) is 10.5. The summed E-state index contributed by atoms with van der Waals surface area (Å²) in [5.74, 6) is 7.78. The molecule has 0 aliphatic heterocycles. The fourth-order valence-corrected chi connectivity index (χ4v) is 3.60. The molecule has 0 bridgehead atoms. The molecule has 1 amide bonds. The number of carbonyl (C=O) groups is 1. The summed E-state index contributed by atoms with van der Waals surface area (Å²) >= 11 is 1.28. The number of ether oxygens (including phenoxy) is 1. The molecule has 0 aliphatic carbocycles. The molecule has 0 atom stereocenters. The monoisotopic (exact) mass is 411 g/mol. The predicted octanol–water partition coefficient (Wildman–Crippen LogP) is 3.20. The molecular formula is C21H25N5O2S. The van der Waals surface area contributed by atoms with Crippen LogP contribution >= 0.6 is 11.8 Å². The highest BCUT2D eigenvalue weighted by Crippen LogP contribution is 2.24. The number of rotatable bonds is 9. The van der Waals surface area contributed by atoms with E-state index in [0.29, 0.717) is 30.7 Å². The number of thioether (sulfide) groups is 1. The van der Waals surface area contributed by atoms with Gasteiger partial charge in [-0.15, -0.1) is 10.2 Å². The van der Waals surface area contributed by atoms with E-state index in [-0.39, 0.29) is 11.7 Å². The molecule has 2 aromatic carbocycles. The Morgan fingerprint density at radius 1 is 1.10 bits per heavy atom. The van der Waals surface area contributed by atoms with Crippen molar-refractivity contribution in [3.63, 3.8) is 0 Å². The topological polar surface area (TPSA) is 86.3 Å². The number of carbonyl (C=O) groups excluding carboxylic acids is 1. The van der Waals surface area contributed by atoms with E-state index in [2.05, 4.69) is 10.2 Å². The zero-order valence-electron chi connectivity index (χ0n) is 16.6. The second kappa shape index (κ2) is 9.97. The molecule has 0 unspecified atom stereocenters. The molecule has 0 saturated carbocycles. The summed E-state index contributed by atoms with van der Waals surface area (Å²) < 4.78 is 6.87. The number of nitrogens with two attached hydrogens (primary N) is 1. The first-order chi connectivity index (χ1) is 14.1. The van der Waals surface area contributed by atoms with Crippen molar-refractivity contribution < 1.29 is 9.53 Å². The lowest BCUT2D eigenvalue weighted by Crippen LogP contribution is -2.31. The van der Waals surface area contributed by atoms with Crippen molar-refractivity contribution in [1.29, 1.82) is 0 Å². The standard InChI is InChI=1S/C21H25N5O2S/c1-3-25(14-16-8-6-5-7-9-16)19(27)15-29-21-24-23-20(26(21)22)17-10-12-18(13-11-17)28-4-2/h5-13H,3-4,14-15,22H2,1-2H3. The van der Waals surface area contributed by atoms with E-state index in [0.717, 1.165) is 16.9 Å². The third-order valence-corrected chi connectivity index (χ3v) is 5.29. The number of hydrogen-bond donors (Lipinski definition) is 1. The fourth-order valence-electron chi connectivity index (χ4n) is 2.84. The molecular weight excluding hydrogens is 386 g/mol. The van der Waals surface area contributed by atoms with Gasteiger partial charge in [-0.25, -0.2) is 4.68 Å². The fraction of sp³-hybridized carbons (Fsp3) is 0.286. The molecule has 8 heteroatoms. The highest BCUT2D eigenvalue weighted by Gasteiger charge is 2.17. The Kier molecular flexibility index (Phi) is 7.13.